The molecule has 0 amide bonds. The van der Waals surface area contributed by atoms with Crippen molar-refractivity contribution in [2.75, 3.05) is 0 Å². The van der Waals surface area contributed by atoms with E-state index in [1.165, 1.54) is 0 Å². The molecule has 0 atom stereocenters. The number of halogens is 3. The second-order valence-corrected chi connectivity index (χ2v) is 6.68. The SMILES string of the molecule is Cl[SiH](Cl)Cl.[Na]. The summed E-state index contributed by atoms with van der Waals surface area (Å²) in [7, 11) is 0. The van der Waals surface area contributed by atoms with Crippen molar-refractivity contribution >= 4 is 69.5 Å². The minimum atomic E-state index is -1.72. The predicted octanol–water partition coefficient (Wildman–Crippen LogP) is 1.04. The summed E-state index contributed by atoms with van der Waals surface area (Å²) < 4.78 is 0. The second-order valence-electron chi connectivity index (χ2n) is 0.247. The molecule has 0 aromatic rings. The number of hydrogen-bond donors (Lipinski definition) is 0. The Morgan fingerprint density at radius 3 is 1.00 bits per heavy atom. The van der Waals surface area contributed by atoms with E-state index in [1.54, 1.807) is 0 Å². The molecule has 0 nitrogen and oxygen atoms in total. The first-order valence-corrected chi connectivity index (χ1v) is 5.89. The average molecular weight is 158 g/mol. The summed E-state index contributed by atoms with van der Waals surface area (Å²) in [6.45, 7) is -1.72. The van der Waals surface area contributed by atoms with Crippen molar-refractivity contribution in [2.45, 2.75) is 0 Å². The Balaban J connectivity index is 0. The molecule has 1 radical (unpaired) electrons. The Morgan fingerprint density at radius 2 is 1.00 bits per heavy atom. The van der Waals surface area contributed by atoms with Gasteiger partial charge in [-0.2, -0.15) is 0 Å². The summed E-state index contributed by atoms with van der Waals surface area (Å²) in [4.78, 5) is 0. The van der Waals surface area contributed by atoms with E-state index in [0.29, 0.717) is 0 Å². The fourth-order valence-electron chi connectivity index (χ4n) is 0. The van der Waals surface area contributed by atoms with Gasteiger partial charge in [-0.3, -0.25) is 0 Å². The Labute approximate surface area is 68.8 Å². The summed E-state index contributed by atoms with van der Waals surface area (Å²) in [5.41, 5.74) is 0. The van der Waals surface area contributed by atoms with Crippen LogP contribution in [0.5, 0.6) is 0 Å². The van der Waals surface area contributed by atoms with Gasteiger partial charge in [0.25, 0.3) is 0 Å². The molecule has 0 rings (SSSR count). The fraction of sp³-hybridized carbons (Fsp3) is 0. The molecular formula is HCl3NaSi. The molecule has 0 aliphatic rings. The minimum Gasteiger partial charge on any atom is -0.130 e. The second kappa shape index (κ2) is 6.09. The fourth-order valence-corrected chi connectivity index (χ4v) is 0. The van der Waals surface area contributed by atoms with Crippen LogP contribution in [0.1, 0.15) is 0 Å². The first-order valence-electron chi connectivity index (χ1n) is 0.655. The first-order chi connectivity index (χ1) is 1.73. The van der Waals surface area contributed by atoms with Gasteiger partial charge in [-0.25, -0.2) is 0 Å². The molecule has 0 aliphatic carbocycles. The molecule has 0 aromatic carbocycles. The summed E-state index contributed by atoms with van der Waals surface area (Å²) in [6.07, 6.45) is 0. The van der Waals surface area contributed by atoms with E-state index < -0.39 is 6.73 Å². The molecule has 5 heteroatoms. The van der Waals surface area contributed by atoms with Crippen molar-refractivity contribution < 1.29 is 0 Å². The van der Waals surface area contributed by atoms with Crippen molar-refractivity contribution in [1.29, 1.82) is 0 Å². The monoisotopic (exact) mass is 157 g/mol. The maximum Gasteiger partial charge on any atom is 0.326 e. The van der Waals surface area contributed by atoms with Gasteiger partial charge in [0.1, 0.15) is 0 Å². The van der Waals surface area contributed by atoms with Crippen LogP contribution in [0.2, 0.25) is 0 Å². The van der Waals surface area contributed by atoms with Crippen LogP contribution in [0, 0.1) is 0 Å². The zero-order valence-corrected chi connectivity index (χ0v) is 8.13. The van der Waals surface area contributed by atoms with Crippen LogP contribution in [0.15, 0.2) is 0 Å². The summed E-state index contributed by atoms with van der Waals surface area (Å²) >= 11 is 14.8. The van der Waals surface area contributed by atoms with Gasteiger partial charge in [0, 0.05) is 29.6 Å². The Kier molecular flexibility index (Phi) is 12.4. The molecule has 0 aromatic heterocycles. The molecule has 0 unspecified atom stereocenters. The van der Waals surface area contributed by atoms with Crippen LogP contribution in [-0.4, -0.2) is 36.3 Å². The van der Waals surface area contributed by atoms with E-state index in [0.717, 1.165) is 0 Å². The van der Waals surface area contributed by atoms with E-state index in [1.807, 2.05) is 0 Å². The number of rotatable bonds is 0. The average Bonchev–Trinajstić information content (AvgIpc) is 0.811. The molecule has 5 heavy (non-hydrogen) atoms. The Morgan fingerprint density at radius 1 is 1.00 bits per heavy atom. The third kappa shape index (κ3) is 23.3. The van der Waals surface area contributed by atoms with Crippen LogP contribution in [0.25, 0.3) is 0 Å². The van der Waals surface area contributed by atoms with Crippen molar-refractivity contribution in [3.8, 4) is 0 Å². The molecule has 0 spiro atoms. The van der Waals surface area contributed by atoms with Gasteiger partial charge in [0.2, 0.25) is 0 Å². The van der Waals surface area contributed by atoms with Gasteiger partial charge in [0.15, 0.2) is 0 Å². The molecule has 0 bridgehead atoms. The molecule has 27 valence electrons. The smallest absolute Gasteiger partial charge is 0.130 e. The van der Waals surface area contributed by atoms with E-state index in [-0.39, 0.29) is 29.6 Å². The van der Waals surface area contributed by atoms with E-state index in [9.17, 15) is 0 Å². The maximum absolute atomic E-state index is 4.94. The van der Waals surface area contributed by atoms with E-state index >= 15 is 0 Å². The molecule has 0 fully saturated rings. The zero-order chi connectivity index (χ0) is 3.58. The molecule has 0 saturated carbocycles. The van der Waals surface area contributed by atoms with Gasteiger partial charge in [-0.05, 0) is 0 Å². The molecule has 0 heterocycles. The summed E-state index contributed by atoms with van der Waals surface area (Å²) in [5, 5.41) is 0. The molecule has 0 N–H and O–H groups in total. The van der Waals surface area contributed by atoms with Gasteiger partial charge < -0.3 is 0 Å². The van der Waals surface area contributed by atoms with Gasteiger partial charge in [-0.15, -0.1) is 33.2 Å². The zero-order valence-electron chi connectivity index (χ0n) is 2.71. The van der Waals surface area contributed by atoms with Gasteiger partial charge >= 0.3 is 6.73 Å². The van der Waals surface area contributed by atoms with Crippen molar-refractivity contribution in [3.05, 3.63) is 0 Å². The maximum atomic E-state index is 4.94. The van der Waals surface area contributed by atoms with Crippen LogP contribution in [0.3, 0.4) is 0 Å². The van der Waals surface area contributed by atoms with Crippen molar-refractivity contribution in [2.24, 2.45) is 0 Å². The van der Waals surface area contributed by atoms with Crippen LogP contribution in [-0.2, 0) is 0 Å². The van der Waals surface area contributed by atoms with Crippen molar-refractivity contribution in [1.82, 2.24) is 0 Å². The van der Waals surface area contributed by atoms with Gasteiger partial charge in [-0.1, -0.05) is 0 Å². The predicted molar refractivity (Wildman–Crippen MR) is 30.5 cm³/mol. The first kappa shape index (κ1) is 10.1. The van der Waals surface area contributed by atoms with Crippen LogP contribution >= 0.6 is 33.2 Å². The summed E-state index contributed by atoms with van der Waals surface area (Å²) in [5.74, 6) is 0. The minimum absolute atomic E-state index is 0. The van der Waals surface area contributed by atoms with Crippen molar-refractivity contribution in [3.63, 3.8) is 0 Å². The standard InChI is InChI=1S/Cl3HSi.Na/c1-4(2)3;/h4H;. The normalized spacial score (nSPS) is 7.20. The third-order valence-electron chi connectivity index (χ3n) is 0. The van der Waals surface area contributed by atoms with E-state index in [2.05, 4.69) is 0 Å². The Bertz CT molecular complexity index is 11.6. The molecule has 0 saturated heterocycles. The van der Waals surface area contributed by atoms with Crippen LogP contribution < -0.4 is 0 Å². The number of hydrogen-bond acceptors (Lipinski definition) is 0. The molecular weight excluding hydrogens is 157 g/mol. The topological polar surface area (TPSA) is 0 Å². The molecule has 0 aliphatic heterocycles. The van der Waals surface area contributed by atoms with Gasteiger partial charge in [0.05, 0.1) is 0 Å². The quantitative estimate of drug-likeness (QED) is 0.365. The Hall–Kier alpha value is 2.09. The summed E-state index contributed by atoms with van der Waals surface area (Å²) in [6, 6.07) is 0. The van der Waals surface area contributed by atoms with Crippen LogP contribution in [0.4, 0.5) is 0 Å². The van der Waals surface area contributed by atoms with E-state index in [4.69, 9.17) is 33.2 Å². The third-order valence-corrected chi connectivity index (χ3v) is 0. The largest absolute Gasteiger partial charge is 0.326 e.